The molecule has 0 spiro atoms. The molecule has 0 saturated heterocycles. The molecule has 0 radical (unpaired) electrons. The van der Waals surface area contributed by atoms with E-state index in [1.807, 2.05) is 30.3 Å². The SMILES string of the molecule is O=C(O)C(Cc1ccccc1)Nc1nc2ccccc2c(=O)o1. The molecule has 0 fully saturated rings. The Morgan fingerprint density at radius 3 is 2.57 bits per heavy atom. The summed E-state index contributed by atoms with van der Waals surface area (Å²) < 4.78 is 5.07. The number of anilines is 1. The van der Waals surface area contributed by atoms with Gasteiger partial charge in [-0.1, -0.05) is 42.5 Å². The van der Waals surface area contributed by atoms with Crippen LogP contribution in [0.4, 0.5) is 6.01 Å². The van der Waals surface area contributed by atoms with Crippen LogP contribution < -0.4 is 10.9 Å². The van der Waals surface area contributed by atoms with E-state index in [-0.39, 0.29) is 12.4 Å². The Kier molecular flexibility index (Phi) is 4.05. The van der Waals surface area contributed by atoms with Crippen LogP contribution >= 0.6 is 0 Å². The lowest BCUT2D eigenvalue weighted by molar-refractivity contribution is -0.137. The van der Waals surface area contributed by atoms with Gasteiger partial charge >= 0.3 is 11.6 Å². The van der Waals surface area contributed by atoms with Crippen LogP contribution in [0, 0.1) is 0 Å². The normalized spacial score (nSPS) is 12.0. The van der Waals surface area contributed by atoms with Crippen LogP contribution in [0.25, 0.3) is 10.9 Å². The van der Waals surface area contributed by atoms with Crippen LogP contribution in [-0.2, 0) is 11.2 Å². The molecule has 0 bridgehead atoms. The van der Waals surface area contributed by atoms with E-state index in [1.165, 1.54) is 0 Å². The lowest BCUT2D eigenvalue weighted by Gasteiger charge is -2.14. The quantitative estimate of drug-likeness (QED) is 0.751. The molecule has 2 N–H and O–H groups in total. The summed E-state index contributed by atoms with van der Waals surface area (Å²) in [5.74, 6) is -1.05. The van der Waals surface area contributed by atoms with Gasteiger partial charge in [0.05, 0.1) is 10.9 Å². The fraction of sp³-hybridized carbons (Fsp3) is 0.118. The molecule has 3 rings (SSSR count). The summed E-state index contributed by atoms with van der Waals surface area (Å²) in [7, 11) is 0. The van der Waals surface area contributed by atoms with Crippen molar-refractivity contribution in [2.24, 2.45) is 0 Å². The Hall–Kier alpha value is -3.15. The van der Waals surface area contributed by atoms with Gasteiger partial charge in [-0.05, 0) is 17.7 Å². The summed E-state index contributed by atoms with van der Waals surface area (Å²) in [5.41, 5.74) is 0.757. The molecule has 1 aromatic heterocycles. The van der Waals surface area contributed by atoms with Crippen molar-refractivity contribution in [2.45, 2.75) is 12.5 Å². The molecule has 0 aliphatic carbocycles. The van der Waals surface area contributed by atoms with Crippen LogP contribution in [0.5, 0.6) is 0 Å². The van der Waals surface area contributed by atoms with Gasteiger partial charge in [-0.25, -0.2) is 9.59 Å². The van der Waals surface area contributed by atoms with E-state index in [2.05, 4.69) is 10.3 Å². The monoisotopic (exact) mass is 310 g/mol. The molecule has 0 saturated carbocycles. The topological polar surface area (TPSA) is 92.4 Å². The summed E-state index contributed by atoms with van der Waals surface area (Å²) in [6.07, 6.45) is 0.244. The first-order valence-electron chi connectivity index (χ1n) is 7.06. The smallest absolute Gasteiger partial charge is 0.348 e. The standard InChI is InChI=1S/C17H14N2O4/c20-15(21)14(10-11-6-2-1-3-7-11)19-17-18-13-9-5-4-8-12(13)16(22)23-17/h1-9,14H,10H2,(H,18,19)(H,20,21). The van der Waals surface area contributed by atoms with Crippen molar-refractivity contribution in [3.63, 3.8) is 0 Å². The van der Waals surface area contributed by atoms with Crippen molar-refractivity contribution in [1.29, 1.82) is 0 Å². The number of carboxylic acids is 1. The number of nitrogens with one attached hydrogen (secondary N) is 1. The number of carbonyl (C=O) groups is 1. The van der Waals surface area contributed by atoms with Crippen molar-refractivity contribution in [2.75, 3.05) is 5.32 Å². The zero-order valence-electron chi connectivity index (χ0n) is 12.1. The maximum absolute atomic E-state index is 11.9. The molecule has 6 nitrogen and oxygen atoms in total. The summed E-state index contributed by atoms with van der Waals surface area (Å²) in [4.78, 5) is 27.5. The molecular weight excluding hydrogens is 296 g/mol. The maximum atomic E-state index is 11.9. The van der Waals surface area contributed by atoms with E-state index >= 15 is 0 Å². The van der Waals surface area contributed by atoms with Crippen molar-refractivity contribution in [1.82, 2.24) is 4.98 Å². The average Bonchev–Trinajstić information content (AvgIpc) is 2.55. The van der Waals surface area contributed by atoms with Gasteiger partial charge in [-0.15, -0.1) is 0 Å². The molecule has 116 valence electrons. The number of nitrogens with zero attached hydrogens (tertiary/aromatic N) is 1. The highest BCUT2D eigenvalue weighted by Crippen LogP contribution is 2.13. The molecule has 3 aromatic rings. The molecule has 1 heterocycles. The molecule has 2 aromatic carbocycles. The molecular formula is C17H14N2O4. The fourth-order valence-corrected chi connectivity index (χ4v) is 2.28. The predicted molar refractivity (Wildman–Crippen MR) is 85.5 cm³/mol. The second-order valence-electron chi connectivity index (χ2n) is 5.05. The van der Waals surface area contributed by atoms with Crippen molar-refractivity contribution >= 4 is 22.9 Å². The fourth-order valence-electron chi connectivity index (χ4n) is 2.28. The van der Waals surface area contributed by atoms with E-state index in [9.17, 15) is 14.7 Å². The van der Waals surface area contributed by atoms with Crippen LogP contribution in [-0.4, -0.2) is 22.1 Å². The number of rotatable bonds is 5. The van der Waals surface area contributed by atoms with E-state index < -0.39 is 17.6 Å². The predicted octanol–water partition coefficient (Wildman–Crippen LogP) is 2.30. The molecule has 1 unspecified atom stereocenters. The number of fused-ring (bicyclic) bond motifs is 1. The van der Waals surface area contributed by atoms with Crippen LogP contribution in [0.3, 0.4) is 0 Å². The molecule has 1 atom stereocenters. The summed E-state index contributed by atoms with van der Waals surface area (Å²) in [5, 5.41) is 12.4. The van der Waals surface area contributed by atoms with Gasteiger partial charge in [-0.2, -0.15) is 4.98 Å². The summed E-state index contributed by atoms with van der Waals surface area (Å²) >= 11 is 0. The lowest BCUT2D eigenvalue weighted by atomic mass is 10.1. The third kappa shape index (κ3) is 3.37. The number of carboxylic acid groups (broad SMARTS) is 1. The van der Waals surface area contributed by atoms with Gasteiger partial charge in [-0.3, -0.25) is 0 Å². The Labute approximate surface area is 131 Å². The van der Waals surface area contributed by atoms with Gasteiger partial charge in [0.25, 0.3) is 6.01 Å². The highest BCUT2D eigenvalue weighted by Gasteiger charge is 2.20. The van der Waals surface area contributed by atoms with Crippen molar-refractivity contribution in [3.8, 4) is 0 Å². The second-order valence-corrected chi connectivity index (χ2v) is 5.05. The molecule has 0 amide bonds. The number of aliphatic carboxylic acids is 1. The summed E-state index contributed by atoms with van der Waals surface area (Å²) in [6.45, 7) is 0. The third-order valence-corrected chi connectivity index (χ3v) is 3.41. The van der Waals surface area contributed by atoms with Crippen LogP contribution in [0.1, 0.15) is 5.56 Å². The highest BCUT2D eigenvalue weighted by atomic mass is 16.4. The second kappa shape index (κ2) is 6.31. The minimum absolute atomic E-state index is 0.1000. The largest absolute Gasteiger partial charge is 0.480 e. The average molecular weight is 310 g/mol. The maximum Gasteiger partial charge on any atom is 0.348 e. The number of benzene rings is 2. The van der Waals surface area contributed by atoms with Gasteiger partial charge in [0.1, 0.15) is 6.04 Å². The zero-order chi connectivity index (χ0) is 16.2. The van der Waals surface area contributed by atoms with Crippen molar-refractivity contribution < 1.29 is 14.3 Å². The molecule has 0 aliphatic rings. The number of hydrogen-bond acceptors (Lipinski definition) is 5. The first-order chi connectivity index (χ1) is 11.1. The van der Waals surface area contributed by atoms with E-state index in [0.717, 1.165) is 5.56 Å². The summed E-state index contributed by atoms with van der Waals surface area (Å²) in [6, 6.07) is 14.9. The molecule has 0 aliphatic heterocycles. The van der Waals surface area contributed by atoms with E-state index in [4.69, 9.17) is 4.42 Å². The van der Waals surface area contributed by atoms with Crippen molar-refractivity contribution in [3.05, 3.63) is 70.6 Å². The van der Waals surface area contributed by atoms with Crippen LogP contribution in [0.2, 0.25) is 0 Å². The Bertz CT molecular complexity index is 890. The third-order valence-electron chi connectivity index (χ3n) is 3.41. The number of hydrogen-bond donors (Lipinski definition) is 2. The minimum Gasteiger partial charge on any atom is -0.480 e. The van der Waals surface area contributed by atoms with E-state index in [0.29, 0.717) is 10.9 Å². The van der Waals surface area contributed by atoms with Gasteiger partial charge in [0, 0.05) is 6.42 Å². The Balaban J connectivity index is 1.88. The van der Waals surface area contributed by atoms with Gasteiger partial charge in [0.15, 0.2) is 0 Å². The lowest BCUT2D eigenvalue weighted by Crippen LogP contribution is -2.32. The van der Waals surface area contributed by atoms with Crippen LogP contribution in [0.15, 0.2) is 63.8 Å². The number of para-hydroxylation sites is 1. The van der Waals surface area contributed by atoms with Gasteiger partial charge in [0.2, 0.25) is 0 Å². The first kappa shape index (κ1) is 14.8. The Morgan fingerprint density at radius 2 is 1.83 bits per heavy atom. The molecule has 23 heavy (non-hydrogen) atoms. The number of aromatic nitrogens is 1. The highest BCUT2D eigenvalue weighted by molar-refractivity contribution is 5.79. The minimum atomic E-state index is -1.05. The first-order valence-corrected chi connectivity index (χ1v) is 7.06. The molecule has 6 heteroatoms. The zero-order valence-corrected chi connectivity index (χ0v) is 12.1. The van der Waals surface area contributed by atoms with Gasteiger partial charge < -0.3 is 14.8 Å². The Morgan fingerprint density at radius 1 is 1.13 bits per heavy atom. The van der Waals surface area contributed by atoms with E-state index in [1.54, 1.807) is 24.3 Å².